The van der Waals surface area contributed by atoms with E-state index in [2.05, 4.69) is 15.5 Å². The lowest BCUT2D eigenvalue weighted by molar-refractivity contribution is -0.121. The van der Waals surface area contributed by atoms with Gasteiger partial charge in [-0.25, -0.2) is 4.39 Å². The Balaban J connectivity index is 1.89. The van der Waals surface area contributed by atoms with Gasteiger partial charge in [-0.3, -0.25) is 9.89 Å². The third-order valence-corrected chi connectivity index (χ3v) is 3.33. The number of aromatic amines is 1. The molecule has 1 aromatic carbocycles. The average Bonchev–Trinajstić information content (AvgIpc) is 3.00. The molecule has 0 aliphatic heterocycles. The van der Waals surface area contributed by atoms with Crippen LogP contribution in [0.1, 0.15) is 37.4 Å². The van der Waals surface area contributed by atoms with Crippen LogP contribution in [0.25, 0.3) is 0 Å². The number of rotatable bonds is 7. The topological polar surface area (TPSA) is 67.0 Å². The third-order valence-electron chi connectivity index (χ3n) is 3.33. The van der Waals surface area contributed by atoms with Gasteiger partial charge in [0.15, 0.2) is 11.6 Å². The van der Waals surface area contributed by atoms with Crippen molar-refractivity contribution < 1.29 is 13.9 Å². The van der Waals surface area contributed by atoms with Gasteiger partial charge < -0.3 is 10.1 Å². The normalized spacial score (nSPS) is 12.0. The van der Waals surface area contributed by atoms with Crippen LogP contribution >= 0.6 is 0 Å². The molecule has 22 heavy (non-hydrogen) atoms. The number of halogens is 1. The van der Waals surface area contributed by atoms with Crippen molar-refractivity contribution in [1.29, 1.82) is 0 Å². The molecule has 1 unspecified atom stereocenters. The van der Waals surface area contributed by atoms with E-state index in [1.54, 1.807) is 31.5 Å². The lowest BCUT2D eigenvalue weighted by Crippen LogP contribution is -2.26. The minimum atomic E-state index is -0.418. The van der Waals surface area contributed by atoms with Crippen molar-refractivity contribution in [2.75, 3.05) is 6.61 Å². The van der Waals surface area contributed by atoms with Crippen LogP contribution in [0.3, 0.4) is 0 Å². The summed E-state index contributed by atoms with van der Waals surface area (Å²) >= 11 is 0. The highest BCUT2D eigenvalue weighted by atomic mass is 19.1. The van der Waals surface area contributed by atoms with Gasteiger partial charge in [-0.15, -0.1) is 0 Å². The lowest BCUT2D eigenvalue weighted by atomic mass is 10.1. The van der Waals surface area contributed by atoms with Crippen LogP contribution in [-0.4, -0.2) is 22.7 Å². The van der Waals surface area contributed by atoms with Gasteiger partial charge in [-0.05, 0) is 43.5 Å². The number of amides is 1. The Labute approximate surface area is 128 Å². The zero-order valence-corrected chi connectivity index (χ0v) is 12.7. The van der Waals surface area contributed by atoms with E-state index in [0.717, 1.165) is 5.56 Å². The first-order chi connectivity index (χ1) is 10.6. The molecule has 1 amide bonds. The van der Waals surface area contributed by atoms with E-state index in [0.29, 0.717) is 25.0 Å². The van der Waals surface area contributed by atoms with Crippen LogP contribution in [-0.2, 0) is 11.2 Å². The van der Waals surface area contributed by atoms with E-state index in [1.807, 2.05) is 6.92 Å². The molecule has 0 saturated carbocycles. The predicted molar refractivity (Wildman–Crippen MR) is 81.0 cm³/mol. The molecule has 2 N–H and O–H groups in total. The Morgan fingerprint density at radius 2 is 2.32 bits per heavy atom. The Hall–Kier alpha value is -2.37. The number of hydrogen-bond acceptors (Lipinski definition) is 3. The molecule has 1 atom stereocenters. The van der Waals surface area contributed by atoms with E-state index in [-0.39, 0.29) is 17.7 Å². The molecular formula is C16H20FN3O2. The van der Waals surface area contributed by atoms with E-state index in [1.165, 1.54) is 6.07 Å². The first-order valence-electron chi connectivity index (χ1n) is 7.29. The Kier molecular flexibility index (Phi) is 5.52. The monoisotopic (exact) mass is 305 g/mol. The van der Waals surface area contributed by atoms with Crippen LogP contribution in [0, 0.1) is 5.82 Å². The summed E-state index contributed by atoms with van der Waals surface area (Å²) in [7, 11) is 0. The maximum absolute atomic E-state index is 13.8. The zero-order valence-electron chi connectivity index (χ0n) is 12.7. The van der Waals surface area contributed by atoms with Gasteiger partial charge in [0, 0.05) is 12.6 Å². The summed E-state index contributed by atoms with van der Waals surface area (Å²) in [6.07, 6.45) is 4.44. The molecule has 1 heterocycles. The van der Waals surface area contributed by atoms with Crippen molar-refractivity contribution in [2.24, 2.45) is 0 Å². The number of benzene rings is 1. The van der Waals surface area contributed by atoms with Gasteiger partial charge >= 0.3 is 0 Å². The molecule has 118 valence electrons. The fourth-order valence-corrected chi connectivity index (χ4v) is 2.13. The van der Waals surface area contributed by atoms with E-state index in [9.17, 15) is 9.18 Å². The van der Waals surface area contributed by atoms with Gasteiger partial charge in [0.25, 0.3) is 0 Å². The Morgan fingerprint density at radius 1 is 1.50 bits per heavy atom. The maximum atomic E-state index is 13.8. The highest BCUT2D eigenvalue weighted by molar-refractivity contribution is 5.76. The van der Waals surface area contributed by atoms with E-state index >= 15 is 0 Å². The van der Waals surface area contributed by atoms with Crippen LogP contribution in [0.15, 0.2) is 30.6 Å². The lowest BCUT2D eigenvalue weighted by Gasteiger charge is -2.15. The van der Waals surface area contributed by atoms with Crippen molar-refractivity contribution in [1.82, 2.24) is 15.5 Å². The van der Waals surface area contributed by atoms with Crippen LogP contribution in [0.2, 0.25) is 0 Å². The molecule has 0 radical (unpaired) electrons. The summed E-state index contributed by atoms with van der Waals surface area (Å²) in [6, 6.07) is 4.48. The first kappa shape index (κ1) is 16.0. The summed E-state index contributed by atoms with van der Waals surface area (Å²) < 4.78 is 19.0. The van der Waals surface area contributed by atoms with Crippen molar-refractivity contribution >= 4 is 5.91 Å². The number of aromatic nitrogens is 2. The molecule has 0 spiro atoms. The first-order valence-corrected chi connectivity index (χ1v) is 7.29. The number of aryl methyl sites for hydroxylation is 1. The molecule has 6 heteroatoms. The smallest absolute Gasteiger partial charge is 0.220 e. The summed E-state index contributed by atoms with van der Waals surface area (Å²) in [5.74, 6) is -0.272. The zero-order chi connectivity index (χ0) is 15.9. The number of hydrogen-bond donors (Lipinski definition) is 2. The van der Waals surface area contributed by atoms with Gasteiger partial charge in [-0.2, -0.15) is 5.10 Å². The molecule has 2 aromatic rings. The van der Waals surface area contributed by atoms with Crippen molar-refractivity contribution in [3.05, 3.63) is 47.5 Å². The summed E-state index contributed by atoms with van der Waals surface area (Å²) in [4.78, 5) is 11.9. The number of ether oxygens (including phenoxy) is 1. The molecule has 0 aliphatic carbocycles. The molecule has 0 saturated heterocycles. The Bertz CT molecular complexity index is 614. The number of carbonyl (C=O) groups is 1. The highest BCUT2D eigenvalue weighted by Gasteiger charge is 2.12. The second-order valence-electron chi connectivity index (χ2n) is 5.02. The van der Waals surface area contributed by atoms with Gasteiger partial charge in [0.1, 0.15) is 0 Å². The minimum Gasteiger partial charge on any atom is -0.491 e. The Morgan fingerprint density at radius 3 is 2.95 bits per heavy atom. The molecule has 5 nitrogen and oxygen atoms in total. The number of carbonyl (C=O) groups excluding carboxylic acids is 1. The van der Waals surface area contributed by atoms with Crippen molar-refractivity contribution in [3.63, 3.8) is 0 Å². The number of nitrogens with one attached hydrogen (secondary N) is 2. The van der Waals surface area contributed by atoms with Crippen LogP contribution in [0.5, 0.6) is 5.75 Å². The molecule has 2 rings (SSSR count). The molecular weight excluding hydrogens is 285 g/mol. The van der Waals surface area contributed by atoms with E-state index in [4.69, 9.17) is 4.74 Å². The quantitative estimate of drug-likeness (QED) is 0.826. The molecule has 0 fully saturated rings. The standard InChI is InChI=1S/C16H20FN3O2/c1-3-22-15-6-5-13(8-14(15)17)11(2)20-16(21)7-4-12-9-18-19-10-12/h5-6,8-11H,3-4,7H2,1-2H3,(H,18,19)(H,20,21). The minimum absolute atomic E-state index is 0.0806. The second kappa shape index (κ2) is 7.59. The van der Waals surface area contributed by atoms with Crippen molar-refractivity contribution in [3.8, 4) is 5.75 Å². The fourth-order valence-electron chi connectivity index (χ4n) is 2.13. The molecule has 0 aliphatic rings. The average molecular weight is 305 g/mol. The maximum Gasteiger partial charge on any atom is 0.220 e. The van der Waals surface area contributed by atoms with Gasteiger partial charge in [-0.1, -0.05) is 6.07 Å². The van der Waals surface area contributed by atoms with Crippen LogP contribution < -0.4 is 10.1 Å². The second-order valence-corrected chi connectivity index (χ2v) is 5.02. The number of H-pyrrole nitrogens is 1. The largest absolute Gasteiger partial charge is 0.491 e. The van der Waals surface area contributed by atoms with Crippen molar-refractivity contribution in [2.45, 2.75) is 32.7 Å². The van der Waals surface area contributed by atoms with Crippen LogP contribution in [0.4, 0.5) is 4.39 Å². The predicted octanol–water partition coefficient (Wildman–Crippen LogP) is 2.76. The van der Waals surface area contributed by atoms with E-state index < -0.39 is 5.82 Å². The summed E-state index contributed by atoms with van der Waals surface area (Å²) in [6.45, 7) is 4.04. The molecule has 0 bridgehead atoms. The summed E-state index contributed by atoms with van der Waals surface area (Å²) in [5, 5.41) is 9.40. The molecule has 1 aromatic heterocycles. The third kappa shape index (κ3) is 4.31. The van der Waals surface area contributed by atoms with Gasteiger partial charge in [0.2, 0.25) is 5.91 Å². The highest BCUT2D eigenvalue weighted by Crippen LogP contribution is 2.22. The van der Waals surface area contributed by atoms with Gasteiger partial charge in [0.05, 0.1) is 18.8 Å². The SMILES string of the molecule is CCOc1ccc(C(C)NC(=O)CCc2cn[nH]c2)cc1F. The number of nitrogens with zero attached hydrogens (tertiary/aromatic N) is 1. The fraction of sp³-hybridized carbons (Fsp3) is 0.375. The summed E-state index contributed by atoms with van der Waals surface area (Å²) in [5.41, 5.74) is 1.69.